The van der Waals surface area contributed by atoms with Crippen LogP contribution in [0.2, 0.25) is 0 Å². The van der Waals surface area contributed by atoms with Gasteiger partial charge >= 0.3 is 0 Å². The van der Waals surface area contributed by atoms with Crippen molar-refractivity contribution in [2.75, 3.05) is 19.5 Å². The van der Waals surface area contributed by atoms with E-state index in [0.29, 0.717) is 24.1 Å². The molecule has 106 valence electrons. The van der Waals surface area contributed by atoms with E-state index in [2.05, 4.69) is 31.2 Å². The molecule has 0 atom stereocenters. The molecule has 1 aromatic carbocycles. The summed E-state index contributed by atoms with van der Waals surface area (Å²) < 4.78 is 11.9. The first-order valence-electron chi connectivity index (χ1n) is 6.11. The maximum atomic E-state index is 5.83. The van der Waals surface area contributed by atoms with Crippen LogP contribution in [0, 0.1) is 6.92 Å². The average Bonchev–Trinajstić information content (AvgIpc) is 2.42. The molecule has 2 aromatic rings. The monoisotopic (exact) mass is 337 g/mol. The Morgan fingerprint density at radius 3 is 2.70 bits per heavy atom. The number of nitrogens with zero attached hydrogens (tertiary/aromatic N) is 2. The van der Waals surface area contributed by atoms with E-state index in [1.54, 1.807) is 20.2 Å². The van der Waals surface area contributed by atoms with Crippen LogP contribution < -0.4 is 10.1 Å². The minimum absolute atomic E-state index is 0.338. The molecule has 0 saturated carbocycles. The number of nitrogens with one attached hydrogen (secondary N) is 1. The van der Waals surface area contributed by atoms with Crippen molar-refractivity contribution in [2.24, 2.45) is 0 Å². The first-order chi connectivity index (χ1) is 9.62. The Kier molecular flexibility index (Phi) is 4.92. The van der Waals surface area contributed by atoms with Crippen LogP contribution >= 0.6 is 15.9 Å². The summed E-state index contributed by atoms with van der Waals surface area (Å²) in [6.07, 6.45) is 0. The van der Waals surface area contributed by atoms with Gasteiger partial charge < -0.3 is 14.8 Å². The minimum Gasteiger partial charge on any atom is -0.439 e. The summed E-state index contributed by atoms with van der Waals surface area (Å²) in [7, 11) is 3.41. The third-order valence-electron chi connectivity index (χ3n) is 2.63. The predicted octanol–water partition coefficient (Wildman–Crippen LogP) is 3.53. The molecule has 0 fully saturated rings. The smallest absolute Gasteiger partial charge is 0.224 e. The number of rotatable bonds is 5. The number of aromatic nitrogens is 2. The number of benzene rings is 1. The van der Waals surface area contributed by atoms with Crippen molar-refractivity contribution in [1.29, 1.82) is 0 Å². The van der Waals surface area contributed by atoms with Gasteiger partial charge in [-0.15, -0.1) is 0 Å². The van der Waals surface area contributed by atoms with E-state index in [1.807, 2.05) is 25.1 Å². The van der Waals surface area contributed by atoms with Crippen molar-refractivity contribution in [2.45, 2.75) is 13.5 Å². The van der Waals surface area contributed by atoms with Gasteiger partial charge in [0, 0.05) is 24.7 Å². The first kappa shape index (κ1) is 14.7. The fraction of sp³-hybridized carbons (Fsp3) is 0.286. The molecule has 0 radical (unpaired) electrons. The highest BCUT2D eigenvalue weighted by Gasteiger charge is 2.08. The van der Waals surface area contributed by atoms with E-state index in [0.717, 1.165) is 15.8 Å². The maximum Gasteiger partial charge on any atom is 0.224 e. The molecule has 1 aromatic heterocycles. The molecule has 1 N–H and O–H groups in total. The van der Waals surface area contributed by atoms with E-state index in [1.165, 1.54) is 0 Å². The second kappa shape index (κ2) is 6.67. The topological polar surface area (TPSA) is 56.3 Å². The molecule has 0 saturated heterocycles. The lowest BCUT2D eigenvalue weighted by atomic mass is 10.2. The van der Waals surface area contributed by atoms with Crippen molar-refractivity contribution in [1.82, 2.24) is 9.97 Å². The molecule has 5 nitrogen and oxygen atoms in total. The van der Waals surface area contributed by atoms with E-state index >= 15 is 0 Å². The number of methoxy groups -OCH3 is 1. The maximum absolute atomic E-state index is 5.83. The van der Waals surface area contributed by atoms with Crippen LogP contribution in [-0.4, -0.2) is 24.1 Å². The molecular formula is C14H16BrN3O2. The molecule has 0 aliphatic heterocycles. The summed E-state index contributed by atoms with van der Waals surface area (Å²) in [6.45, 7) is 2.32. The Hall–Kier alpha value is -1.66. The van der Waals surface area contributed by atoms with Crippen molar-refractivity contribution in [3.05, 3.63) is 40.1 Å². The van der Waals surface area contributed by atoms with Crippen molar-refractivity contribution < 1.29 is 9.47 Å². The quantitative estimate of drug-likeness (QED) is 0.904. The van der Waals surface area contributed by atoms with Gasteiger partial charge in [-0.3, -0.25) is 0 Å². The van der Waals surface area contributed by atoms with Crippen LogP contribution in [0.15, 0.2) is 28.7 Å². The van der Waals surface area contributed by atoms with Crippen LogP contribution in [-0.2, 0) is 11.3 Å². The van der Waals surface area contributed by atoms with Gasteiger partial charge in [-0.2, -0.15) is 4.98 Å². The zero-order valence-electron chi connectivity index (χ0n) is 11.6. The Morgan fingerprint density at radius 1 is 1.25 bits per heavy atom. The van der Waals surface area contributed by atoms with Crippen LogP contribution in [0.3, 0.4) is 0 Å². The lowest BCUT2D eigenvalue weighted by Gasteiger charge is -2.10. The second-order valence-corrected chi connectivity index (χ2v) is 5.12. The van der Waals surface area contributed by atoms with Crippen molar-refractivity contribution in [3.8, 4) is 11.6 Å². The molecule has 0 spiro atoms. The lowest BCUT2D eigenvalue weighted by Crippen LogP contribution is -2.03. The van der Waals surface area contributed by atoms with Crippen molar-refractivity contribution in [3.63, 3.8) is 0 Å². The van der Waals surface area contributed by atoms with Gasteiger partial charge in [0.2, 0.25) is 5.88 Å². The first-order valence-corrected chi connectivity index (χ1v) is 6.90. The number of hydrogen-bond acceptors (Lipinski definition) is 5. The number of anilines is 1. The number of aryl methyl sites for hydroxylation is 1. The van der Waals surface area contributed by atoms with E-state index in [9.17, 15) is 0 Å². The number of halogens is 1. The fourth-order valence-electron chi connectivity index (χ4n) is 1.69. The lowest BCUT2D eigenvalue weighted by molar-refractivity contribution is 0.177. The zero-order chi connectivity index (χ0) is 14.5. The molecule has 0 unspecified atom stereocenters. The SMILES string of the molecule is CNc1cc(Oc2ccc(Br)cc2C)nc(COC)n1. The fourth-order valence-corrected chi connectivity index (χ4v) is 2.16. The third-order valence-corrected chi connectivity index (χ3v) is 3.12. The van der Waals surface area contributed by atoms with Crippen LogP contribution in [0.4, 0.5) is 5.82 Å². The van der Waals surface area contributed by atoms with E-state index < -0.39 is 0 Å². The summed E-state index contributed by atoms with van der Waals surface area (Å²) >= 11 is 3.43. The molecule has 0 aliphatic rings. The minimum atomic E-state index is 0.338. The van der Waals surface area contributed by atoms with Gasteiger partial charge in [0.25, 0.3) is 0 Å². The van der Waals surface area contributed by atoms with Gasteiger partial charge in [-0.05, 0) is 30.7 Å². The average molecular weight is 338 g/mol. The van der Waals surface area contributed by atoms with Gasteiger partial charge in [-0.1, -0.05) is 15.9 Å². The standard InChI is InChI=1S/C14H16BrN3O2/c1-9-6-10(15)4-5-11(9)20-14-7-12(16-2)17-13(18-14)8-19-3/h4-7H,8H2,1-3H3,(H,16,17,18). The summed E-state index contributed by atoms with van der Waals surface area (Å²) in [5, 5.41) is 2.98. The van der Waals surface area contributed by atoms with Crippen LogP contribution in [0.5, 0.6) is 11.6 Å². The summed E-state index contributed by atoms with van der Waals surface area (Å²) in [4.78, 5) is 8.60. The van der Waals surface area contributed by atoms with Crippen LogP contribution in [0.1, 0.15) is 11.4 Å². The molecule has 0 aliphatic carbocycles. The summed E-state index contributed by atoms with van der Waals surface area (Å²) in [5.41, 5.74) is 1.03. The van der Waals surface area contributed by atoms with E-state index in [4.69, 9.17) is 9.47 Å². The Bertz CT molecular complexity index is 605. The molecular weight excluding hydrogens is 322 g/mol. The highest BCUT2D eigenvalue weighted by molar-refractivity contribution is 9.10. The van der Waals surface area contributed by atoms with Gasteiger partial charge in [0.1, 0.15) is 18.2 Å². The zero-order valence-corrected chi connectivity index (χ0v) is 13.2. The highest BCUT2D eigenvalue weighted by Crippen LogP contribution is 2.27. The molecule has 1 heterocycles. The van der Waals surface area contributed by atoms with Gasteiger partial charge in [0.15, 0.2) is 5.82 Å². The summed E-state index contributed by atoms with van der Waals surface area (Å²) in [5.74, 6) is 2.51. The highest BCUT2D eigenvalue weighted by atomic mass is 79.9. The third kappa shape index (κ3) is 3.68. The molecule has 0 bridgehead atoms. The Labute approximate surface area is 126 Å². The molecule has 2 rings (SSSR count). The Morgan fingerprint density at radius 2 is 2.05 bits per heavy atom. The van der Waals surface area contributed by atoms with Crippen LogP contribution in [0.25, 0.3) is 0 Å². The molecule has 0 amide bonds. The van der Waals surface area contributed by atoms with Crippen molar-refractivity contribution >= 4 is 21.7 Å². The molecule has 6 heteroatoms. The van der Waals surface area contributed by atoms with Gasteiger partial charge in [0.05, 0.1) is 0 Å². The van der Waals surface area contributed by atoms with Gasteiger partial charge in [-0.25, -0.2) is 4.98 Å². The van der Waals surface area contributed by atoms with E-state index in [-0.39, 0.29) is 0 Å². The largest absolute Gasteiger partial charge is 0.439 e. The predicted molar refractivity (Wildman–Crippen MR) is 81.2 cm³/mol. The second-order valence-electron chi connectivity index (χ2n) is 4.20. The number of ether oxygens (including phenoxy) is 2. The molecule has 20 heavy (non-hydrogen) atoms. The Balaban J connectivity index is 2.29. The summed E-state index contributed by atoms with van der Waals surface area (Å²) in [6, 6.07) is 7.57. The normalized spacial score (nSPS) is 10.4. The number of hydrogen-bond donors (Lipinski definition) is 1.